The number of amides is 1. The highest BCUT2D eigenvalue weighted by atomic mass is 32.2. The van der Waals surface area contributed by atoms with E-state index < -0.39 is 0 Å². The monoisotopic (exact) mass is 308 g/mol. The zero-order valence-electron chi connectivity index (χ0n) is 11.4. The molecule has 2 heterocycles. The van der Waals surface area contributed by atoms with Gasteiger partial charge in [-0.25, -0.2) is 4.98 Å². The number of nitrogens with zero attached hydrogens (tertiary/aromatic N) is 3. The normalized spacial score (nSPS) is 14.5. The van der Waals surface area contributed by atoms with E-state index in [-0.39, 0.29) is 5.91 Å². The smallest absolute Gasteiger partial charge is 0.273 e. The highest BCUT2D eigenvalue weighted by Crippen LogP contribution is 2.39. The summed E-state index contributed by atoms with van der Waals surface area (Å²) in [5.74, 6) is 0.577. The summed E-state index contributed by atoms with van der Waals surface area (Å²) in [5, 5.41) is 9.13. The molecular formula is C13H16N4OS2. The fourth-order valence-electron chi connectivity index (χ4n) is 2.02. The van der Waals surface area contributed by atoms with Gasteiger partial charge in [0, 0.05) is 18.3 Å². The molecule has 0 aliphatic heterocycles. The minimum atomic E-state index is -0.0517. The summed E-state index contributed by atoms with van der Waals surface area (Å²) in [7, 11) is 1.79. The van der Waals surface area contributed by atoms with Gasteiger partial charge in [-0.2, -0.15) is 5.10 Å². The Morgan fingerprint density at radius 2 is 2.40 bits per heavy atom. The van der Waals surface area contributed by atoms with E-state index in [0.717, 1.165) is 15.7 Å². The minimum absolute atomic E-state index is 0.0517. The first-order valence-electron chi connectivity index (χ1n) is 6.46. The summed E-state index contributed by atoms with van der Waals surface area (Å²) in [4.78, 5) is 18.2. The number of aromatic amines is 1. The fraction of sp³-hybridized carbons (Fsp3) is 0.462. The molecule has 7 heteroatoms. The highest BCUT2D eigenvalue weighted by Gasteiger charge is 2.26. The number of carbonyl (C=O) groups excluding carboxylic acids is 1. The summed E-state index contributed by atoms with van der Waals surface area (Å²) in [5.41, 5.74) is 2.62. The molecule has 1 aliphatic rings. The van der Waals surface area contributed by atoms with Crippen molar-refractivity contribution in [2.24, 2.45) is 0 Å². The van der Waals surface area contributed by atoms with E-state index in [4.69, 9.17) is 0 Å². The summed E-state index contributed by atoms with van der Waals surface area (Å²) in [6.45, 7) is 0.532. The van der Waals surface area contributed by atoms with Crippen molar-refractivity contribution in [2.75, 3.05) is 13.3 Å². The van der Waals surface area contributed by atoms with Gasteiger partial charge in [-0.3, -0.25) is 9.89 Å². The van der Waals surface area contributed by atoms with Gasteiger partial charge in [-0.15, -0.1) is 11.3 Å². The maximum absolute atomic E-state index is 12.3. The molecule has 1 saturated carbocycles. The van der Waals surface area contributed by atoms with E-state index in [1.54, 1.807) is 23.7 Å². The first-order chi connectivity index (χ1) is 9.67. The van der Waals surface area contributed by atoms with Crippen molar-refractivity contribution < 1.29 is 4.79 Å². The Kier molecular flexibility index (Phi) is 3.80. The van der Waals surface area contributed by atoms with Crippen LogP contribution in [0.1, 0.15) is 40.6 Å². The van der Waals surface area contributed by atoms with Crippen molar-refractivity contribution in [1.82, 2.24) is 20.1 Å². The molecule has 1 fully saturated rings. The standard InChI is InChI=1S/C13H16N4OS2/c1-17(12(18)11-7-20-13(14-11)19-2)6-9-5-10(16-15-9)8-3-4-8/h5,7-8H,3-4,6H2,1-2H3,(H,15,16). The second-order valence-corrected chi connectivity index (χ2v) is 6.87. The third kappa shape index (κ3) is 2.88. The number of hydrogen-bond donors (Lipinski definition) is 1. The lowest BCUT2D eigenvalue weighted by atomic mass is 10.2. The Balaban J connectivity index is 1.64. The molecule has 0 bridgehead atoms. The van der Waals surface area contributed by atoms with Crippen LogP contribution in [0, 0.1) is 0 Å². The maximum atomic E-state index is 12.3. The van der Waals surface area contributed by atoms with E-state index in [0.29, 0.717) is 18.2 Å². The van der Waals surface area contributed by atoms with Crippen LogP contribution in [0.2, 0.25) is 0 Å². The van der Waals surface area contributed by atoms with Crippen molar-refractivity contribution in [3.8, 4) is 0 Å². The van der Waals surface area contributed by atoms with Crippen molar-refractivity contribution in [3.05, 3.63) is 28.5 Å². The van der Waals surface area contributed by atoms with Gasteiger partial charge in [0.15, 0.2) is 0 Å². The third-order valence-corrected chi connectivity index (χ3v) is 5.14. The molecule has 106 valence electrons. The molecule has 1 amide bonds. The summed E-state index contributed by atoms with van der Waals surface area (Å²) in [6.07, 6.45) is 4.42. The van der Waals surface area contributed by atoms with Crippen LogP contribution in [0.25, 0.3) is 0 Å². The van der Waals surface area contributed by atoms with Gasteiger partial charge in [0.05, 0.1) is 17.9 Å². The lowest BCUT2D eigenvalue weighted by Crippen LogP contribution is -2.26. The number of H-pyrrole nitrogens is 1. The van der Waals surface area contributed by atoms with E-state index in [1.807, 2.05) is 11.6 Å². The second-order valence-electron chi connectivity index (χ2n) is 4.96. The molecule has 1 aliphatic carbocycles. The van der Waals surface area contributed by atoms with Crippen LogP contribution in [-0.2, 0) is 6.54 Å². The molecule has 0 radical (unpaired) electrons. The Morgan fingerprint density at radius 3 is 3.05 bits per heavy atom. The van der Waals surface area contributed by atoms with Gasteiger partial charge < -0.3 is 4.90 Å². The summed E-state index contributed by atoms with van der Waals surface area (Å²) in [6, 6.07) is 2.07. The van der Waals surface area contributed by atoms with Crippen LogP contribution in [-0.4, -0.2) is 39.3 Å². The Hall–Kier alpha value is -1.34. The van der Waals surface area contributed by atoms with Gasteiger partial charge in [0.25, 0.3) is 5.91 Å². The van der Waals surface area contributed by atoms with Crippen LogP contribution in [0.15, 0.2) is 15.8 Å². The molecular weight excluding hydrogens is 292 g/mol. The highest BCUT2D eigenvalue weighted by molar-refractivity contribution is 8.00. The Labute approximate surface area is 125 Å². The molecule has 1 N–H and O–H groups in total. The predicted octanol–water partition coefficient (Wildman–Crippen LogP) is 2.74. The Morgan fingerprint density at radius 1 is 1.60 bits per heavy atom. The number of carbonyl (C=O) groups is 1. The molecule has 0 unspecified atom stereocenters. The molecule has 3 rings (SSSR count). The molecule has 0 aromatic carbocycles. The molecule has 2 aromatic heterocycles. The summed E-state index contributed by atoms with van der Waals surface area (Å²) < 4.78 is 0.916. The number of thioether (sulfide) groups is 1. The van der Waals surface area contributed by atoms with Gasteiger partial charge in [0.2, 0.25) is 0 Å². The molecule has 5 nitrogen and oxygen atoms in total. The topological polar surface area (TPSA) is 61.9 Å². The van der Waals surface area contributed by atoms with Gasteiger partial charge in [-0.1, -0.05) is 11.8 Å². The maximum Gasteiger partial charge on any atom is 0.273 e. The van der Waals surface area contributed by atoms with Crippen molar-refractivity contribution in [3.63, 3.8) is 0 Å². The average molecular weight is 308 g/mol. The largest absolute Gasteiger partial charge is 0.334 e. The molecule has 0 saturated heterocycles. The lowest BCUT2D eigenvalue weighted by Gasteiger charge is -2.14. The zero-order chi connectivity index (χ0) is 14.1. The average Bonchev–Trinajstić information content (AvgIpc) is 3.02. The Bertz CT molecular complexity index is 617. The number of nitrogens with one attached hydrogen (secondary N) is 1. The van der Waals surface area contributed by atoms with E-state index in [2.05, 4.69) is 21.2 Å². The first kappa shape index (κ1) is 13.6. The number of thiazole rings is 1. The van der Waals surface area contributed by atoms with E-state index in [9.17, 15) is 4.79 Å². The lowest BCUT2D eigenvalue weighted by molar-refractivity contribution is 0.0778. The zero-order valence-corrected chi connectivity index (χ0v) is 13.1. The molecule has 0 atom stereocenters. The van der Waals surface area contributed by atoms with Crippen LogP contribution in [0.5, 0.6) is 0 Å². The van der Waals surface area contributed by atoms with Crippen LogP contribution in [0.4, 0.5) is 0 Å². The fourth-order valence-corrected chi connectivity index (χ4v) is 3.26. The van der Waals surface area contributed by atoms with E-state index in [1.165, 1.54) is 24.2 Å². The number of hydrogen-bond acceptors (Lipinski definition) is 5. The van der Waals surface area contributed by atoms with Crippen LogP contribution >= 0.6 is 23.1 Å². The van der Waals surface area contributed by atoms with Crippen LogP contribution in [0.3, 0.4) is 0 Å². The van der Waals surface area contributed by atoms with Crippen molar-refractivity contribution in [2.45, 2.75) is 29.6 Å². The molecule has 2 aromatic rings. The van der Waals surface area contributed by atoms with Crippen LogP contribution < -0.4 is 0 Å². The SMILES string of the molecule is CSc1nc(C(=O)N(C)Cc2cc(C3CC3)n[nH]2)cs1. The second kappa shape index (κ2) is 5.57. The minimum Gasteiger partial charge on any atom is -0.334 e. The van der Waals surface area contributed by atoms with Gasteiger partial charge in [-0.05, 0) is 25.2 Å². The van der Waals surface area contributed by atoms with E-state index >= 15 is 0 Å². The van der Waals surface area contributed by atoms with Crippen molar-refractivity contribution in [1.29, 1.82) is 0 Å². The quantitative estimate of drug-likeness (QED) is 0.863. The summed E-state index contributed by atoms with van der Waals surface area (Å²) >= 11 is 3.06. The van der Waals surface area contributed by atoms with Gasteiger partial charge in [0.1, 0.15) is 10.0 Å². The predicted molar refractivity (Wildman–Crippen MR) is 80.3 cm³/mol. The third-order valence-electron chi connectivity index (χ3n) is 3.28. The van der Waals surface area contributed by atoms with Crippen molar-refractivity contribution >= 4 is 29.0 Å². The van der Waals surface area contributed by atoms with Gasteiger partial charge >= 0.3 is 0 Å². The first-order valence-corrected chi connectivity index (χ1v) is 8.57. The molecule has 0 spiro atoms. The number of rotatable bonds is 5. The molecule has 20 heavy (non-hydrogen) atoms. The number of aromatic nitrogens is 3.